The van der Waals surface area contributed by atoms with Crippen molar-refractivity contribution in [3.05, 3.63) is 0 Å². The number of hydrogen-bond acceptors (Lipinski definition) is 3. The summed E-state index contributed by atoms with van der Waals surface area (Å²) in [5.74, 6) is -0.0659. The number of nitriles is 1. The van der Waals surface area contributed by atoms with E-state index in [1.807, 2.05) is 0 Å². The summed E-state index contributed by atoms with van der Waals surface area (Å²) < 4.78 is 5.27. The lowest BCUT2D eigenvalue weighted by atomic mass is 9.80. The van der Waals surface area contributed by atoms with Crippen LogP contribution in [0.3, 0.4) is 0 Å². The van der Waals surface area contributed by atoms with Crippen molar-refractivity contribution in [2.24, 2.45) is 5.41 Å². The van der Waals surface area contributed by atoms with Gasteiger partial charge in [-0.05, 0) is 25.7 Å². The van der Waals surface area contributed by atoms with Gasteiger partial charge >= 0.3 is 0 Å². The van der Waals surface area contributed by atoms with Crippen molar-refractivity contribution in [3.8, 4) is 6.07 Å². The largest absolute Gasteiger partial charge is 0.381 e. The Labute approximate surface area is 115 Å². The van der Waals surface area contributed by atoms with Gasteiger partial charge in [0.1, 0.15) is 5.41 Å². The maximum Gasteiger partial charge on any atom is 0.240 e. The van der Waals surface area contributed by atoms with Crippen LogP contribution < -0.4 is 5.32 Å². The van der Waals surface area contributed by atoms with Gasteiger partial charge in [0.05, 0.1) is 6.07 Å². The van der Waals surface area contributed by atoms with Crippen molar-refractivity contribution >= 4 is 5.91 Å². The summed E-state index contributed by atoms with van der Waals surface area (Å²) in [6.07, 6.45) is 9.41. The normalized spacial score (nSPS) is 24.8. The minimum absolute atomic E-state index is 0.0659. The van der Waals surface area contributed by atoms with E-state index in [4.69, 9.17) is 4.74 Å². The summed E-state index contributed by atoms with van der Waals surface area (Å²) in [5, 5.41) is 12.5. The Morgan fingerprint density at radius 1 is 1.11 bits per heavy atom. The van der Waals surface area contributed by atoms with E-state index in [9.17, 15) is 10.1 Å². The summed E-state index contributed by atoms with van der Waals surface area (Å²) >= 11 is 0. The summed E-state index contributed by atoms with van der Waals surface area (Å²) in [4.78, 5) is 12.4. The Bertz CT molecular complexity index is 335. The molecule has 1 aliphatic carbocycles. The highest BCUT2D eigenvalue weighted by Crippen LogP contribution is 2.30. The van der Waals surface area contributed by atoms with Crippen molar-refractivity contribution in [2.45, 2.75) is 63.8 Å². The van der Waals surface area contributed by atoms with Gasteiger partial charge in [0.15, 0.2) is 0 Å². The number of nitrogens with one attached hydrogen (secondary N) is 1. The molecule has 106 valence electrons. The first-order valence-corrected chi connectivity index (χ1v) is 7.57. The van der Waals surface area contributed by atoms with E-state index in [-0.39, 0.29) is 11.9 Å². The van der Waals surface area contributed by atoms with Crippen molar-refractivity contribution in [1.29, 1.82) is 5.26 Å². The Morgan fingerprint density at radius 3 is 2.26 bits per heavy atom. The van der Waals surface area contributed by atoms with Crippen LogP contribution in [-0.4, -0.2) is 25.2 Å². The molecule has 0 unspecified atom stereocenters. The van der Waals surface area contributed by atoms with Crippen molar-refractivity contribution < 1.29 is 9.53 Å². The average molecular weight is 264 g/mol. The lowest BCUT2D eigenvalue weighted by molar-refractivity contribution is -0.133. The number of carbonyl (C=O) groups is 1. The molecule has 0 radical (unpaired) electrons. The zero-order valence-electron chi connectivity index (χ0n) is 11.6. The Hall–Kier alpha value is -1.08. The molecule has 0 aromatic heterocycles. The molecular weight excluding hydrogens is 240 g/mol. The van der Waals surface area contributed by atoms with Crippen LogP contribution >= 0.6 is 0 Å². The third-order valence-corrected chi connectivity index (χ3v) is 4.44. The lowest BCUT2D eigenvalue weighted by Crippen LogP contribution is -2.47. The molecule has 4 heteroatoms. The smallest absolute Gasteiger partial charge is 0.240 e. The molecule has 19 heavy (non-hydrogen) atoms. The third kappa shape index (κ3) is 3.70. The molecule has 0 aromatic carbocycles. The minimum Gasteiger partial charge on any atom is -0.381 e. The first-order chi connectivity index (χ1) is 9.27. The first kappa shape index (κ1) is 14.3. The van der Waals surface area contributed by atoms with Gasteiger partial charge in [-0.3, -0.25) is 4.79 Å². The van der Waals surface area contributed by atoms with E-state index in [0.29, 0.717) is 26.1 Å². The fourth-order valence-electron chi connectivity index (χ4n) is 3.03. The van der Waals surface area contributed by atoms with Gasteiger partial charge in [0, 0.05) is 19.3 Å². The molecule has 1 N–H and O–H groups in total. The van der Waals surface area contributed by atoms with Gasteiger partial charge in [-0.1, -0.05) is 32.1 Å². The number of rotatable bonds is 2. The molecule has 1 saturated carbocycles. The van der Waals surface area contributed by atoms with E-state index in [2.05, 4.69) is 11.4 Å². The van der Waals surface area contributed by atoms with Crippen LogP contribution in [0.2, 0.25) is 0 Å². The average Bonchev–Trinajstić information content (AvgIpc) is 2.42. The van der Waals surface area contributed by atoms with E-state index in [1.165, 1.54) is 32.1 Å². The molecule has 0 aromatic rings. The van der Waals surface area contributed by atoms with Crippen LogP contribution in [0.15, 0.2) is 0 Å². The van der Waals surface area contributed by atoms with E-state index in [1.54, 1.807) is 0 Å². The van der Waals surface area contributed by atoms with Gasteiger partial charge in [-0.25, -0.2) is 0 Å². The highest BCUT2D eigenvalue weighted by atomic mass is 16.5. The number of amides is 1. The monoisotopic (exact) mass is 264 g/mol. The predicted molar refractivity (Wildman–Crippen MR) is 72.3 cm³/mol. The number of nitrogens with zero attached hydrogens (tertiary/aromatic N) is 1. The van der Waals surface area contributed by atoms with Crippen LogP contribution in [0.5, 0.6) is 0 Å². The van der Waals surface area contributed by atoms with Crippen LogP contribution in [0.4, 0.5) is 0 Å². The summed E-state index contributed by atoms with van der Waals surface area (Å²) in [6, 6.07) is 2.51. The van der Waals surface area contributed by atoms with Gasteiger partial charge in [0.2, 0.25) is 5.91 Å². The maximum atomic E-state index is 12.4. The molecule has 0 spiro atoms. The number of carbonyl (C=O) groups excluding carboxylic acids is 1. The molecule has 2 rings (SSSR count). The Balaban J connectivity index is 1.92. The van der Waals surface area contributed by atoms with E-state index < -0.39 is 5.41 Å². The van der Waals surface area contributed by atoms with Gasteiger partial charge in [0.25, 0.3) is 0 Å². The van der Waals surface area contributed by atoms with E-state index >= 15 is 0 Å². The minimum atomic E-state index is -0.847. The second kappa shape index (κ2) is 6.91. The highest BCUT2D eigenvalue weighted by molar-refractivity contribution is 5.85. The third-order valence-electron chi connectivity index (χ3n) is 4.44. The zero-order valence-corrected chi connectivity index (χ0v) is 11.6. The van der Waals surface area contributed by atoms with Crippen LogP contribution in [-0.2, 0) is 9.53 Å². The first-order valence-electron chi connectivity index (χ1n) is 7.57. The highest BCUT2D eigenvalue weighted by Gasteiger charge is 2.41. The topological polar surface area (TPSA) is 62.1 Å². The summed E-state index contributed by atoms with van der Waals surface area (Å²) in [6.45, 7) is 1.04. The molecule has 0 atom stereocenters. The maximum absolute atomic E-state index is 12.4. The fraction of sp³-hybridized carbons (Fsp3) is 0.867. The van der Waals surface area contributed by atoms with Crippen LogP contribution in [0.25, 0.3) is 0 Å². The standard InChI is InChI=1S/C15H24N2O2/c16-12-15(8-10-19-11-9-15)14(18)17-13-6-4-2-1-3-5-7-13/h13H,1-11H2,(H,17,18). The molecule has 1 aliphatic heterocycles. The van der Waals surface area contributed by atoms with E-state index in [0.717, 1.165) is 12.8 Å². The SMILES string of the molecule is N#CC1(C(=O)NC2CCCCCCC2)CCOCC1. The van der Waals surface area contributed by atoms with Crippen LogP contribution in [0.1, 0.15) is 57.8 Å². The molecule has 1 heterocycles. The molecule has 2 fully saturated rings. The fourth-order valence-corrected chi connectivity index (χ4v) is 3.03. The van der Waals surface area contributed by atoms with Crippen molar-refractivity contribution in [3.63, 3.8) is 0 Å². The number of hydrogen-bond donors (Lipinski definition) is 1. The van der Waals surface area contributed by atoms with Gasteiger partial charge in [-0.15, -0.1) is 0 Å². The quantitative estimate of drug-likeness (QED) is 0.833. The van der Waals surface area contributed by atoms with Crippen LogP contribution in [0, 0.1) is 16.7 Å². The van der Waals surface area contributed by atoms with Crippen molar-refractivity contribution in [2.75, 3.05) is 13.2 Å². The summed E-state index contributed by atoms with van der Waals surface area (Å²) in [7, 11) is 0. The van der Waals surface area contributed by atoms with Gasteiger partial charge in [-0.2, -0.15) is 5.26 Å². The number of ether oxygens (including phenoxy) is 1. The summed E-state index contributed by atoms with van der Waals surface area (Å²) in [5.41, 5.74) is -0.847. The van der Waals surface area contributed by atoms with Crippen molar-refractivity contribution in [1.82, 2.24) is 5.32 Å². The molecule has 0 bridgehead atoms. The molecule has 1 saturated heterocycles. The zero-order chi connectivity index (χ0) is 13.6. The second-order valence-electron chi connectivity index (χ2n) is 5.82. The Morgan fingerprint density at radius 2 is 1.68 bits per heavy atom. The Kier molecular flexibility index (Phi) is 5.21. The molecular formula is C15H24N2O2. The molecule has 2 aliphatic rings. The lowest BCUT2D eigenvalue weighted by Gasteiger charge is -2.31. The second-order valence-corrected chi connectivity index (χ2v) is 5.82. The molecule has 1 amide bonds. The predicted octanol–water partition coefficient (Wildman–Crippen LogP) is 2.54. The molecule has 4 nitrogen and oxygen atoms in total. The van der Waals surface area contributed by atoms with Gasteiger partial charge < -0.3 is 10.1 Å².